The van der Waals surface area contributed by atoms with E-state index in [0.717, 1.165) is 17.9 Å². The zero-order valence-electron chi connectivity index (χ0n) is 15.1. The normalized spacial score (nSPS) is 46.3. The molecule has 0 aromatic rings. The van der Waals surface area contributed by atoms with Gasteiger partial charge in [0, 0.05) is 6.04 Å². The average Bonchev–Trinajstić information content (AvgIpc) is 2.29. The Hall–Kier alpha value is -0.0400. The number of hydrogen-bond donors (Lipinski definition) is 1. The molecule has 4 bridgehead atoms. The molecule has 0 heterocycles. The molecule has 1 N–H and O–H groups in total. The minimum Gasteiger partial charge on any atom is -0.317 e. The lowest BCUT2D eigenvalue weighted by Crippen LogP contribution is -2.56. The molecule has 0 amide bonds. The van der Waals surface area contributed by atoms with E-state index in [1.807, 2.05) is 0 Å². The number of rotatable bonds is 6. The molecule has 4 fully saturated rings. The van der Waals surface area contributed by atoms with Crippen molar-refractivity contribution in [1.29, 1.82) is 0 Å². The van der Waals surface area contributed by atoms with Crippen LogP contribution in [0.3, 0.4) is 0 Å². The first kappa shape index (κ1) is 15.8. The highest BCUT2D eigenvalue weighted by Crippen LogP contribution is 2.70. The summed E-state index contributed by atoms with van der Waals surface area (Å²) in [6.45, 7) is 9.93. The molecule has 122 valence electrons. The number of nitrogens with one attached hydrogen (secondary N) is 1. The molecule has 0 radical (unpaired) electrons. The van der Waals surface area contributed by atoms with Gasteiger partial charge in [-0.15, -0.1) is 0 Å². The first-order valence-corrected chi connectivity index (χ1v) is 9.43. The van der Waals surface area contributed by atoms with E-state index in [4.69, 9.17) is 0 Å². The van der Waals surface area contributed by atoms with Crippen molar-refractivity contribution >= 4 is 0 Å². The van der Waals surface area contributed by atoms with Crippen LogP contribution in [-0.4, -0.2) is 13.1 Å². The van der Waals surface area contributed by atoms with Gasteiger partial charge in [-0.3, -0.25) is 0 Å². The van der Waals surface area contributed by atoms with Gasteiger partial charge in [0.25, 0.3) is 0 Å². The molecule has 0 aromatic carbocycles. The molecule has 4 rings (SSSR count). The van der Waals surface area contributed by atoms with E-state index in [9.17, 15) is 0 Å². The largest absolute Gasteiger partial charge is 0.317 e. The molecule has 4 saturated carbocycles. The van der Waals surface area contributed by atoms with Gasteiger partial charge in [-0.05, 0) is 92.9 Å². The van der Waals surface area contributed by atoms with Crippen molar-refractivity contribution in [1.82, 2.24) is 5.32 Å². The van der Waals surface area contributed by atoms with Crippen molar-refractivity contribution in [3.05, 3.63) is 0 Å². The van der Waals surface area contributed by atoms with E-state index in [1.165, 1.54) is 57.8 Å². The minimum absolute atomic E-state index is 0.671. The second-order valence-electron chi connectivity index (χ2n) is 10.3. The van der Waals surface area contributed by atoms with Gasteiger partial charge >= 0.3 is 0 Å². The highest BCUT2D eigenvalue weighted by molar-refractivity contribution is 5.10. The summed E-state index contributed by atoms with van der Waals surface area (Å²) in [4.78, 5) is 0. The van der Waals surface area contributed by atoms with Crippen LogP contribution in [0.1, 0.15) is 85.5 Å². The molecule has 21 heavy (non-hydrogen) atoms. The molecule has 1 nitrogen and oxygen atoms in total. The van der Waals surface area contributed by atoms with Gasteiger partial charge in [-0.2, -0.15) is 0 Å². The Morgan fingerprint density at radius 2 is 1.57 bits per heavy atom. The molecule has 4 aliphatic carbocycles. The Morgan fingerprint density at radius 1 is 0.952 bits per heavy atom. The van der Waals surface area contributed by atoms with Crippen molar-refractivity contribution in [2.75, 3.05) is 7.05 Å². The van der Waals surface area contributed by atoms with Crippen LogP contribution in [0.15, 0.2) is 0 Å². The summed E-state index contributed by atoms with van der Waals surface area (Å²) in [5, 5.41) is 3.66. The maximum absolute atomic E-state index is 3.66. The lowest BCUT2D eigenvalue weighted by molar-refractivity contribution is -0.150. The van der Waals surface area contributed by atoms with Crippen molar-refractivity contribution < 1.29 is 0 Å². The van der Waals surface area contributed by atoms with Gasteiger partial charge in [0.15, 0.2) is 0 Å². The molecule has 4 aliphatic rings. The lowest BCUT2D eigenvalue weighted by Gasteiger charge is -2.66. The summed E-state index contributed by atoms with van der Waals surface area (Å²) in [7, 11) is 2.19. The van der Waals surface area contributed by atoms with E-state index in [1.54, 1.807) is 0 Å². The first-order valence-electron chi connectivity index (χ1n) is 9.43. The van der Waals surface area contributed by atoms with Gasteiger partial charge in [0.1, 0.15) is 0 Å². The number of hydrogen-bond acceptors (Lipinski definition) is 1. The molecule has 1 heteroatoms. The van der Waals surface area contributed by atoms with Crippen LogP contribution in [0, 0.1) is 28.1 Å². The summed E-state index contributed by atoms with van der Waals surface area (Å²) < 4.78 is 0. The van der Waals surface area contributed by atoms with E-state index in [-0.39, 0.29) is 0 Å². The van der Waals surface area contributed by atoms with Gasteiger partial charge < -0.3 is 5.32 Å². The maximum atomic E-state index is 3.66. The van der Waals surface area contributed by atoms with E-state index >= 15 is 0 Å². The van der Waals surface area contributed by atoms with E-state index in [0.29, 0.717) is 16.2 Å². The SMILES string of the molecule is CNC(CCC(C)C)CC12CC3CC(C)(CC(C)(C3)C1)C2. The van der Waals surface area contributed by atoms with Crippen molar-refractivity contribution in [3.8, 4) is 0 Å². The molecule has 0 spiro atoms. The second kappa shape index (κ2) is 5.25. The minimum atomic E-state index is 0.671. The third-order valence-electron chi connectivity index (χ3n) is 6.92. The topological polar surface area (TPSA) is 12.0 Å². The lowest BCUT2D eigenvalue weighted by atomic mass is 9.39. The summed E-state index contributed by atoms with van der Waals surface area (Å²) >= 11 is 0. The highest BCUT2D eigenvalue weighted by atomic mass is 14.9. The molecular weight excluding hydrogens is 254 g/mol. The molecule has 3 atom stereocenters. The summed E-state index contributed by atoms with van der Waals surface area (Å²) in [5.41, 5.74) is 2.02. The zero-order chi connectivity index (χ0) is 15.3. The van der Waals surface area contributed by atoms with Crippen molar-refractivity contribution in [2.45, 2.75) is 91.5 Å². The van der Waals surface area contributed by atoms with Crippen molar-refractivity contribution in [3.63, 3.8) is 0 Å². The fourth-order valence-corrected chi connectivity index (χ4v) is 7.32. The maximum Gasteiger partial charge on any atom is 0.00694 e. The molecule has 3 unspecified atom stereocenters. The molecular formula is C20H37N. The van der Waals surface area contributed by atoms with Crippen LogP contribution in [0.25, 0.3) is 0 Å². The Balaban J connectivity index is 1.72. The Morgan fingerprint density at radius 3 is 2.05 bits per heavy atom. The van der Waals surface area contributed by atoms with Crippen LogP contribution < -0.4 is 5.32 Å². The van der Waals surface area contributed by atoms with Crippen LogP contribution in [0.4, 0.5) is 0 Å². The van der Waals surface area contributed by atoms with Crippen molar-refractivity contribution in [2.24, 2.45) is 28.1 Å². The van der Waals surface area contributed by atoms with Gasteiger partial charge in [0.05, 0.1) is 0 Å². The Labute approximate surface area is 132 Å². The van der Waals surface area contributed by atoms with Gasteiger partial charge in [-0.25, -0.2) is 0 Å². The van der Waals surface area contributed by atoms with Gasteiger partial charge in [-0.1, -0.05) is 27.7 Å². The first-order chi connectivity index (χ1) is 9.76. The summed E-state index contributed by atoms with van der Waals surface area (Å²) in [6, 6.07) is 0.746. The highest BCUT2D eigenvalue weighted by Gasteiger charge is 2.59. The second-order valence-corrected chi connectivity index (χ2v) is 10.3. The van der Waals surface area contributed by atoms with Gasteiger partial charge in [0.2, 0.25) is 0 Å². The Bertz CT molecular complexity index is 367. The quantitative estimate of drug-likeness (QED) is 0.691. The predicted molar refractivity (Wildman–Crippen MR) is 91.4 cm³/mol. The molecule has 0 saturated heterocycles. The van der Waals surface area contributed by atoms with E-state index < -0.39 is 0 Å². The predicted octanol–water partition coefficient (Wildman–Crippen LogP) is 5.40. The van der Waals surface area contributed by atoms with E-state index in [2.05, 4.69) is 40.1 Å². The smallest absolute Gasteiger partial charge is 0.00694 e. The third-order valence-corrected chi connectivity index (χ3v) is 6.92. The van der Waals surface area contributed by atoms with Crippen LogP contribution >= 0.6 is 0 Å². The summed E-state index contributed by atoms with van der Waals surface area (Å²) in [5.74, 6) is 1.88. The fraction of sp³-hybridized carbons (Fsp3) is 1.00. The average molecular weight is 292 g/mol. The molecule has 0 aromatic heterocycles. The fourth-order valence-electron chi connectivity index (χ4n) is 7.32. The van der Waals surface area contributed by atoms with Crippen LogP contribution in [0.5, 0.6) is 0 Å². The van der Waals surface area contributed by atoms with Crippen LogP contribution in [-0.2, 0) is 0 Å². The van der Waals surface area contributed by atoms with Crippen LogP contribution in [0.2, 0.25) is 0 Å². The standard InChI is InChI=1S/C20H37N/c1-15(2)6-7-17(21-5)11-20-10-16-8-18(3,13-20)12-19(4,9-16)14-20/h15-17,21H,6-14H2,1-5H3. The monoisotopic (exact) mass is 291 g/mol. The Kier molecular flexibility index (Phi) is 3.96. The molecule has 0 aliphatic heterocycles. The third kappa shape index (κ3) is 3.19. The zero-order valence-corrected chi connectivity index (χ0v) is 15.1. The summed E-state index contributed by atoms with van der Waals surface area (Å²) in [6.07, 6.45) is 13.3.